The standard InChI is InChI=1S/C19H24N6O2/c1-19(24-15-6-4-12(18(22)27)10-16(15)25-19)7-2-8-23-14-5-3-11(17(21)26)9-13(14)20/h3-6,9-10,23-25H,2,7-8,20H2,1H3,(H2,21,26)(H2,22,27). The maximum absolute atomic E-state index is 11.3. The Labute approximate surface area is 157 Å². The van der Waals surface area contributed by atoms with Gasteiger partial charge in [0.15, 0.2) is 0 Å². The molecule has 0 saturated carbocycles. The van der Waals surface area contributed by atoms with E-state index in [4.69, 9.17) is 17.2 Å². The predicted octanol–water partition coefficient (Wildman–Crippen LogP) is 1.91. The molecule has 0 aliphatic carbocycles. The van der Waals surface area contributed by atoms with Crippen LogP contribution in [0.5, 0.6) is 0 Å². The van der Waals surface area contributed by atoms with Crippen LogP contribution in [0, 0.1) is 0 Å². The molecule has 1 heterocycles. The van der Waals surface area contributed by atoms with Gasteiger partial charge in [0.1, 0.15) is 5.66 Å². The second-order valence-electron chi connectivity index (χ2n) is 6.90. The molecule has 2 aromatic rings. The van der Waals surface area contributed by atoms with Gasteiger partial charge in [-0.25, -0.2) is 0 Å². The van der Waals surface area contributed by atoms with Crippen LogP contribution in [0.25, 0.3) is 0 Å². The topological polar surface area (TPSA) is 148 Å². The largest absolute Gasteiger partial charge is 0.397 e. The summed E-state index contributed by atoms with van der Waals surface area (Å²) >= 11 is 0. The Morgan fingerprint density at radius 3 is 2.30 bits per heavy atom. The number of amides is 2. The van der Waals surface area contributed by atoms with Crippen molar-refractivity contribution in [2.24, 2.45) is 11.5 Å². The van der Waals surface area contributed by atoms with Crippen LogP contribution in [0.3, 0.4) is 0 Å². The molecule has 2 amide bonds. The molecule has 0 aromatic heterocycles. The zero-order chi connectivity index (χ0) is 19.6. The summed E-state index contributed by atoms with van der Waals surface area (Å²) < 4.78 is 0. The van der Waals surface area contributed by atoms with E-state index < -0.39 is 11.8 Å². The van der Waals surface area contributed by atoms with Crippen LogP contribution in [-0.2, 0) is 0 Å². The highest BCUT2D eigenvalue weighted by Crippen LogP contribution is 2.36. The number of rotatable bonds is 7. The number of anilines is 4. The normalized spacial score (nSPS) is 17.5. The second-order valence-corrected chi connectivity index (χ2v) is 6.90. The fourth-order valence-corrected chi connectivity index (χ4v) is 3.20. The molecule has 8 nitrogen and oxygen atoms in total. The SMILES string of the molecule is CC1(CCCNc2ccc(C(N)=O)cc2N)Nc2ccc(C(N)=O)cc2N1. The van der Waals surface area contributed by atoms with Crippen LogP contribution in [0.2, 0.25) is 0 Å². The summed E-state index contributed by atoms with van der Waals surface area (Å²) in [5, 5.41) is 10.1. The van der Waals surface area contributed by atoms with Crippen molar-refractivity contribution in [2.45, 2.75) is 25.4 Å². The van der Waals surface area contributed by atoms with Gasteiger partial charge in [-0.1, -0.05) is 0 Å². The van der Waals surface area contributed by atoms with Crippen LogP contribution in [-0.4, -0.2) is 24.0 Å². The average Bonchev–Trinajstić information content (AvgIpc) is 2.95. The van der Waals surface area contributed by atoms with Gasteiger partial charge in [0, 0.05) is 17.7 Å². The molecule has 1 atom stereocenters. The molecule has 3 rings (SSSR count). The van der Waals surface area contributed by atoms with Crippen molar-refractivity contribution in [3.05, 3.63) is 47.5 Å². The van der Waals surface area contributed by atoms with Gasteiger partial charge in [-0.05, 0) is 56.2 Å². The smallest absolute Gasteiger partial charge is 0.248 e. The number of fused-ring (bicyclic) bond motifs is 1. The zero-order valence-electron chi connectivity index (χ0n) is 15.1. The van der Waals surface area contributed by atoms with E-state index in [2.05, 4.69) is 22.9 Å². The minimum absolute atomic E-state index is 0.318. The summed E-state index contributed by atoms with van der Waals surface area (Å²) in [6.07, 6.45) is 1.70. The maximum atomic E-state index is 11.3. The molecular weight excluding hydrogens is 344 g/mol. The molecule has 27 heavy (non-hydrogen) atoms. The van der Waals surface area contributed by atoms with Gasteiger partial charge in [0.05, 0.1) is 22.7 Å². The van der Waals surface area contributed by atoms with Gasteiger partial charge in [-0.2, -0.15) is 0 Å². The van der Waals surface area contributed by atoms with Crippen LogP contribution in [0.15, 0.2) is 36.4 Å². The fourth-order valence-electron chi connectivity index (χ4n) is 3.20. The van der Waals surface area contributed by atoms with Gasteiger partial charge in [0.25, 0.3) is 0 Å². The summed E-state index contributed by atoms with van der Waals surface area (Å²) in [5.41, 5.74) is 20.2. The van der Waals surface area contributed by atoms with Crippen molar-refractivity contribution in [2.75, 3.05) is 28.2 Å². The van der Waals surface area contributed by atoms with Crippen LogP contribution >= 0.6 is 0 Å². The minimum Gasteiger partial charge on any atom is -0.397 e. The van der Waals surface area contributed by atoms with Crippen molar-refractivity contribution in [3.63, 3.8) is 0 Å². The number of primary amides is 2. The number of nitrogens with two attached hydrogens (primary N) is 3. The first-order chi connectivity index (χ1) is 12.8. The highest BCUT2D eigenvalue weighted by atomic mass is 16.1. The quantitative estimate of drug-likeness (QED) is 0.325. The summed E-state index contributed by atoms with van der Waals surface area (Å²) in [4.78, 5) is 22.5. The number of benzene rings is 2. The summed E-state index contributed by atoms with van der Waals surface area (Å²) in [6.45, 7) is 2.77. The highest BCUT2D eigenvalue weighted by molar-refractivity contribution is 5.96. The van der Waals surface area contributed by atoms with E-state index in [9.17, 15) is 9.59 Å². The van der Waals surface area contributed by atoms with E-state index in [-0.39, 0.29) is 5.66 Å². The van der Waals surface area contributed by atoms with E-state index in [0.717, 1.165) is 29.9 Å². The molecule has 8 heteroatoms. The molecule has 0 saturated heterocycles. The lowest BCUT2D eigenvalue weighted by atomic mass is 10.1. The molecular formula is C19H24N6O2. The number of hydrogen-bond donors (Lipinski definition) is 6. The number of nitrogen functional groups attached to an aromatic ring is 1. The molecule has 9 N–H and O–H groups in total. The number of carbonyl (C=O) groups is 2. The van der Waals surface area contributed by atoms with E-state index >= 15 is 0 Å². The molecule has 1 aliphatic rings. The Balaban J connectivity index is 1.54. The van der Waals surface area contributed by atoms with Crippen LogP contribution in [0.1, 0.15) is 40.5 Å². The number of nitrogens with one attached hydrogen (secondary N) is 3. The highest BCUT2D eigenvalue weighted by Gasteiger charge is 2.31. The molecule has 142 valence electrons. The lowest BCUT2D eigenvalue weighted by Gasteiger charge is -2.26. The molecule has 0 spiro atoms. The second kappa shape index (κ2) is 7.06. The van der Waals surface area contributed by atoms with E-state index in [0.29, 0.717) is 23.4 Å². The average molecular weight is 368 g/mol. The minimum atomic E-state index is -0.501. The van der Waals surface area contributed by atoms with Crippen LogP contribution < -0.4 is 33.2 Å². The van der Waals surface area contributed by atoms with Gasteiger partial charge < -0.3 is 33.2 Å². The number of hydrogen-bond acceptors (Lipinski definition) is 6. The third kappa shape index (κ3) is 4.05. The lowest BCUT2D eigenvalue weighted by molar-refractivity contribution is 0.0992. The Kier molecular flexibility index (Phi) is 4.81. The van der Waals surface area contributed by atoms with Gasteiger partial charge in [-0.15, -0.1) is 0 Å². The van der Waals surface area contributed by atoms with Gasteiger partial charge >= 0.3 is 0 Å². The predicted molar refractivity (Wildman–Crippen MR) is 108 cm³/mol. The van der Waals surface area contributed by atoms with Gasteiger partial charge in [-0.3, -0.25) is 9.59 Å². The van der Waals surface area contributed by atoms with Crippen molar-refractivity contribution >= 4 is 34.6 Å². The van der Waals surface area contributed by atoms with E-state index in [1.165, 1.54) is 0 Å². The zero-order valence-corrected chi connectivity index (χ0v) is 15.1. The molecule has 0 fully saturated rings. The number of carbonyl (C=O) groups excluding carboxylic acids is 2. The lowest BCUT2D eigenvalue weighted by Crippen LogP contribution is -2.38. The third-order valence-corrected chi connectivity index (χ3v) is 4.63. The fraction of sp³-hybridized carbons (Fsp3) is 0.263. The molecule has 1 unspecified atom stereocenters. The van der Waals surface area contributed by atoms with E-state index in [1.54, 1.807) is 30.3 Å². The monoisotopic (exact) mass is 368 g/mol. The van der Waals surface area contributed by atoms with Gasteiger partial charge in [0.2, 0.25) is 11.8 Å². The Morgan fingerprint density at radius 1 is 1.00 bits per heavy atom. The summed E-state index contributed by atoms with van der Waals surface area (Å²) in [7, 11) is 0. The Morgan fingerprint density at radius 2 is 1.63 bits per heavy atom. The maximum Gasteiger partial charge on any atom is 0.248 e. The van der Waals surface area contributed by atoms with Crippen LogP contribution in [0.4, 0.5) is 22.7 Å². The van der Waals surface area contributed by atoms with Crippen molar-refractivity contribution < 1.29 is 9.59 Å². The first kappa shape index (κ1) is 18.4. The first-order valence-electron chi connectivity index (χ1n) is 8.71. The summed E-state index contributed by atoms with van der Waals surface area (Å²) in [6, 6.07) is 10.3. The molecule has 0 radical (unpaired) electrons. The first-order valence-corrected chi connectivity index (χ1v) is 8.71. The molecule has 2 aromatic carbocycles. The Bertz CT molecular complexity index is 898. The van der Waals surface area contributed by atoms with E-state index in [1.807, 2.05) is 6.07 Å². The molecule has 1 aliphatic heterocycles. The van der Waals surface area contributed by atoms with Crippen molar-refractivity contribution in [3.8, 4) is 0 Å². The molecule has 0 bridgehead atoms. The van der Waals surface area contributed by atoms with Crippen molar-refractivity contribution in [1.29, 1.82) is 0 Å². The summed E-state index contributed by atoms with van der Waals surface area (Å²) in [5.74, 6) is -0.948. The third-order valence-electron chi connectivity index (χ3n) is 4.63. The Hall–Kier alpha value is -3.42. The van der Waals surface area contributed by atoms with Crippen molar-refractivity contribution in [1.82, 2.24) is 0 Å².